The predicted molar refractivity (Wildman–Crippen MR) is 103 cm³/mol. The van der Waals surface area contributed by atoms with E-state index in [1.165, 1.54) is 25.3 Å². The second-order valence-corrected chi connectivity index (χ2v) is 8.95. The van der Waals surface area contributed by atoms with E-state index in [4.69, 9.17) is 0 Å². The van der Waals surface area contributed by atoms with Gasteiger partial charge in [0, 0.05) is 56.6 Å². The molecule has 1 atom stereocenters. The number of nitrogens with one attached hydrogen (secondary N) is 1. The summed E-state index contributed by atoms with van der Waals surface area (Å²) in [4.78, 5) is 6.68. The molecule has 1 unspecified atom stereocenters. The summed E-state index contributed by atoms with van der Waals surface area (Å²) in [6.45, 7) is 3.74. The van der Waals surface area contributed by atoms with Crippen molar-refractivity contribution in [3.8, 4) is 11.1 Å². The number of aromatic nitrogens is 3. The lowest BCUT2D eigenvalue weighted by molar-refractivity contribution is 0.0294. The Hall–Kier alpha value is -1.86. The Morgan fingerprint density at radius 1 is 1.18 bits per heavy atom. The van der Waals surface area contributed by atoms with Gasteiger partial charge in [0.15, 0.2) is 5.67 Å². The number of pyridine rings is 1. The molecular formula is C21H27F2N5. The van der Waals surface area contributed by atoms with Gasteiger partial charge in [0.2, 0.25) is 0 Å². The molecule has 1 aliphatic carbocycles. The first-order valence-electron chi connectivity index (χ1n) is 10.3. The minimum absolute atomic E-state index is 0.354. The van der Waals surface area contributed by atoms with Gasteiger partial charge >= 0.3 is 0 Å². The van der Waals surface area contributed by atoms with E-state index >= 15 is 4.39 Å². The number of hydrogen-bond donors (Lipinski definition) is 1. The van der Waals surface area contributed by atoms with Crippen molar-refractivity contribution in [3.63, 3.8) is 0 Å². The SMILES string of the molecule is Cn1cc(-c2cc(F)cnc2C2(F)CCN(C3CCC4(CNC4)C3)CC2)cn1. The van der Waals surface area contributed by atoms with E-state index in [1.54, 1.807) is 24.1 Å². The molecule has 150 valence electrons. The number of nitrogens with zero attached hydrogens (tertiary/aromatic N) is 4. The Balaban J connectivity index is 1.35. The molecular weight excluding hydrogens is 360 g/mol. The van der Waals surface area contributed by atoms with Crippen LogP contribution in [0.15, 0.2) is 24.7 Å². The summed E-state index contributed by atoms with van der Waals surface area (Å²) in [6, 6.07) is 1.96. The van der Waals surface area contributed by atoms with Gasteiger partial charge in [-0.05, 0) is 43.6 Å². The Bertz CT molecular complexity index is 867. The average molecular weight is 387 g/mol. The van der Waals surface area contributed by atoms with Gasteiger partial charge in [0.05, 0.1) is 18.1 Å². The van der Waals surface area contributed by atoms with Crippen LogP contribution in [0.1, 0.15) is 37.8 Å². The first kappa shape index (κ1) is 18.2. The van der Waals surface area contributed by atoms with Crippen LogP contribution in [-0.4, -0.2) is 51.9 Å². The number of likely N-dealkylation sites (tertiary alicyclic amines) is 1. The highest BCUT2D eigenvalue weighted by Gasteiger charge is 2.47. The second kappa shape index (κ2) is 6.59. The summed E-state index contributed by atoms with van der Waals surface area (Å²) < 4.78 is 31.6. The maximum atomic E-state index is 16.0. The van der Waals surface area contributed by atoms with Gasteiger partial charge in [-0.25, -0.2) is 8.78 Å². The molecule has 0 aromatic carbocycles. The van der Waals surface area contributed by atoms with Crippen LogP contribution in [0.4, 0.5) is 8.78 Å². The fourth-order valence-corrected chi connectivity index (χ4v) is 5.35. The van der Waals surface area contributed by atoms with Crippen molar-refractivity contribution in [1.29, 1.82) is 0 Å². The third kappa shape index (κ3) is 3.05. The van der Waals surface area contributed by atoms with Crippen LogP contribution in [0.25, 0.3) is 11.1 Å². The molecule has 0 amide bonds. The molecule has 5 nitrogen and oxygen atoms in total. The van der Waals surface area contributed by atoms with Crippen molar-refractivity contribution in [2.45, 2.75) is 43.8 Å². The van der Waals surface area contributed by atoms with Crippen molar-refractivity contribution >= 4 is 0 Å². The molecule has 3 aliphatic rings. The zero-order valence-corrected chi connectivity index (χ0v) is 16.3. The molecule has 28 heavy (non-hydrogen) atoms. The third-order valence-electron chi connectivity index (χ3n) is 7.08. The number of alkyl halides is 1. The molecule has 0 radical (unpaired) electrons. The minimum atomic E-state index is -1.52. The molecule has 1 N–H and O–H groups in total. The molecule has 5 rings (SSSR count). The van der Waals surface area contributed by atoms with Crippen LogP contribution in [0.2, 0.25) is 0 Å². The van der Waals surface area contributed by atoms with Crippen molar-refractivity contribution in [2.75, 3.05) is 26.2 Å². The molecule has 2 aromatic rings. The van der Waals surface area contributed by atoms with E-state index < -0.39 is 11.5 Å². The van der Waals surface area contributed by atoms with E-state index in [9.17, 15) is 4.39 Å². The first-order chi connectivity index (χ1) is 13.5. The van der Waals surface area contributed by atoms with Crippen molar-refractivity contribution < 1.29 is 8.78 Å². The maximum absolute atomic E-state index is 16.0. The molecule has 1 spiro atoms. The highest BCUT2D eigenvalue weighted by Crippen LogP contribution is 2.46. The predicted octanol–water partition coefficient (Wildman–Crippen LogP) is 3.02. The van der Waals surface area contributed by atoms with Gasteiger partial charge in [-0.3, -0.25) is 9.67 Å². The smallest absolute Gasteiger partial charge is 0.155 e. The van der Waals surface area contributed by atoms with Gasteiger partial charge in [-0.1, -0.05) is 0 Å². The largest absolute Gasteiger partial charge is 0.316 e. The van der Waals surface area contributed by atoms with Crippen LogP contribution >= 0.6 is 0 Å². The van der Waals surface area contributed by atoms with Crippen LogP contribution in [0.3, 0.4) is 0 Å². The van der Waals surface area contributed by atoms with E-state index in [-0.39, 0.29) is 0 Å². The molecule has 2 aromatic heterocycles. The molecule has 2 aliphatic heterocycles. The minimum Gasteiger partial charge on any atom is -0.316 e. The lowest BCUT2D eigenvalue weighted by Crippen LogP contribution is -2.53. The molecule has 3 fully saturated rings. The van der Waals surface area contributed by atoms with Gasteiger partial charge < -0.3 is 10.2 Å². The molecule has 2 saturated heterocycles. The summed E-state index contributed by atoms with van der Waals surface area (Å²) in [7, 11) is 1.80. The standard InChI is InChI=1S/C21H27F2N5/c1-27-12-15(10-26-27)18-8-16(22)11-25-19(18)21(23)4-6-28(7-5-21)17-2-3-20(9-17)13-24-14-20/h8,10-12,17,24H,2-7,9,13-14H2,1H3. The molecule has 7 heteroatoms. The van der Waals surface area contributed by atoms with Crippen molar-refractivity contribution in [1.82, 2.24) is 25.0 Å². The summed E-state index contributed by atoms with van der Waals surface area (Å²) in [6.07, 6.45) is 9.10. The Labute approximate surface area is 164 Å². The van der Waals surface area contributed by atoms with Gasteiger partial charge in [-0.15, -0.1) is 0 Å². The molecule has 1 saturated carbocycles. The number of hydrogen-bond acceptors (Lipinski definition) is 4. The normalized spacial score (nSPS) is 26.5. The summed E-state index contributed by atoms with van der Waals surface area (Å²) in [5.74, 6) is -0.450. The highest BCUT2D eigenvalue weighted by atomic mass is 19.1. The summed E-state index contributed by atoms with van der Waals surface area (Å²) >= 11 is 0. The van der Waals surface area contributed by atoms with Crippen molar-refractivity contribution in [3.05, 3.63) is 36.2 Å². The Kier molecular flexibility index (Phi) is 4.28. The number of rotatable bonds is 3. The van der Waals surface area contributed by atoms with Gasteiger partial charge in [0.25, 0.3) is 0 Å². The monoisotopic (exact) mass is 387 g/mol. The van der Waals surface area contributed by atoms with Gasteiger partial charge in [0.1, 0.15) is 5.82 Å². The zero-order valence-electron chi connectivity index (χ0n) is 16.3. The average Bonchev–Trinajstić information content (AvgIpc) is 3.29. The van der Waals surface area contributed by atoms with Gasteiger partial charge in [-0.2, -0.15) is 5.10 Å². The zero-order chi connectivity index (χ0) is 19.4. The maximum Gasteiger partial charge on any atom is 0.155 e. The quantitative estimate of drug-likeness (QED) is 0.880. The number of halogens is 2. The lowest BCUT2D eigenvalue weighted by atomic mass is 9.80. The first-order valence-corrected chi connectivity index (χ1v) is 10.3. The fraction of sp³-hybridized carbons (Fsp3) is 0.619. The van der Waals surface area contributed by atoms with E-state index in [2.05, 4.69) is 20.3 Å². The number of piperidine rings is 1. The molecule has 0 bridgehead atoms. The Morgan fingerprint density at radius 3 is 2.57 bits per heavy atom. The second-order valence-electron chi connectivity index (χ2n) is 8.95. The fourth-order valence-electron chi connectivity index (χ4n) is 5.35. The molecule has 4 heterocycles. The van der Waals surface area contributed by atoms with E-state index in [1.807, 2.05) is 0 Å². The van der Waals surface area contributed by atoms with Crippen LogP contribution in [0.5, 0.6) is 0 Å². The third-order valence-corrected chi connectivity index (χ3v) is 7.08. The number of aryl methyl sites for hydroxylation is 1. The van der Waals surface area contributed by atoms with Crippen LogP contribution in [-0.2, 0) is 12.7 Å². The highest BCUT2D eigenvalue weighted by molar-refractivity contribution is 5.65. The summed E-state index contributed by atoms with van der Waals surface area (Å²) in [5.41, 5.74) is 0.557. The van der Waals surface area contributed by atoms with E-state index in [0.717, 1.165) is 32.4 Å². The Morgan fingerprint density at radius 2 is 1.96 bits per heavy atom. The topological polar surface area (TPSA) is 46.0 Å². The van der Waals surface area contributed by atoms with Crippen LogP contribution in [0, 0.1) is 11.2 Å². The van der Waals surface area contributed by atoms with Crippen molar-refractivity contribution in [2.24, 2.45) is 12.5 Å². The lowest BCUT2D eigenvalue weighted by Gasteiger charge is -2.42. The van der Waals surface area contributed by atoms with Crippen LogP contribution < -0.4 is 5.32 Å². The van der Waals surface area contributed by atoms with E-state index in [0.29, 0.717) is 41.1 Å². The summed E-state index contributed by atoms with van der Waals surface area (Å²) in [5, 5.41) is 7.56.